The monoisotopic (exact) mass is 612 g/mol. The lowest BCUT2D eigenvalue weighted by Crippen LogP contribution is -2.55. The number of benzene rings is 4. The fraction of sp³-hybridized carbons (Fsp3) is 0.138. The molecule has 2 N–H and O–H groups in total. The van der Waals surface area contributed by atoms with Gasteiger partial charge in [0.25, 0.3) is 0 Å². The van der Waals surface area contributed by atoms with Crippen LogP contribution in [0.5, 0.6) is 0 Å². The van der Waals surface area contributed by atoms with Crippen molar-refractivity contribution in [1.82, 2.24) is 4.72 Å². The van der Waals surface area contributed by atoms with Crippen molar-refractivity contribution in [2.75, 3.05) is 12.4 Å². The first kappa shape index (κ1) is 27.9. The second-order valence-electron chi connectivity index (χ2n) is 8.69. The number of sulfonamides is 1. The molecular weight excluding hydrogens is 588 g/mol. The molecule has 4 aromatic carbocycles. The van der Waals surface area contributed by atoms with Crippen molar-refractivity contribution in [2.45, 2.75) is 23.4 Å². The van der Waals surface area contributed by atoms with Crippen LogP contribution < -0.4 is 10.0 Å². The molecule has 0 aromatic heterocycles. The first-order valence-electron chi connectivity index (χ1n) is 11.7. The summed E-state index contributed by atoms with van der Waals surface area (Å²) in [6.45, 7) is 1.87. The van der Waals surface area contributed by atoms with Gasteiger partial charge in [0.2, 0.25) is 10.0 Å². The summed E-state index contributed by atoms with van der Waals surface area (Å²) in [6.07, 6.45) is 0. The van der Waals surface area contributed by atoms with Crippen molar-refractivity contribution in [3.63, 3.8) is 0 Å². The van der Waals surface area contributed by atoms with E-state index in [1.54, 1.807) is 84.9 Å². The van der Waals surface area contributed by atoms with Gasteiger partial charge in [-0.2, -0.15) is 0 Å². The third-order valence-electron chi connectivity index (χ3n) is 6.18. The quantitative estimate of drug-likeness (QED) is 0.208. The topological polar surface area (TPSA) is 84.5 Å². The summed E-state index contributed by atoms with van der Waals surface area (Å²) >= 11 is 9.96. The van der Waals surface area contributed by atoms with Gasteiger partial charge in [-0.25, -0.2) is 17.9 Å². The van der Waals surface area contributed by atoms with E-state index in [-0.39, 0.29) is 4.90 Å². The third-order valence-corrected chi connectivity index (χ3v) is 8.48. The Bertz CT molecular complexity index is 1510. The van der Waals surface area contributed by atoms with Crippen molar-refractivity contribution >= 4 is 49.2 Å². The Morgan fingerprint density at radius 2 is 1.50 bits per heavy atom. The number of nitrogens with one attached hydrogen (secondary N) is 2. The Morgan fingerprint density at radius 3 is 2.11 bits per heavy atom. The van der Waals surface area contributed by atoms with Gasteiger partial charge >= 0.3 is 5.97 Å². The van der Waals surface area contributed by atoms with E-state index in [1.165, 1.54) is 19.2 Å². The number of carbonyl (C=O) groups is 1. The lowest BCUT2D eigenvalue weighted by molar-refractivity contribution is -0.147. The number of ether oxygens (including phenoxy) is 1. The van der Waals surface area contributed by atoms with E-state index in [0.29, 0.717) is 21.8 Å². The van der Waals surface area contributed by atoms with Gasteiger partial charge in [-0.3, -0.25) is 0 Å². The van der Waals surface area contributed by atoms with E-state index < -0.39 is 27.6 Å². The van der Waals surface area contributed by atoms with Gasteiger partial charge in [0.1, 0.15) is 0 Å². The molecule has 196 valence electrons. The normalized spacial score (nSPS) is 13.8. The molecule has 9 heteroatoms. The maximum absolute atomic E-state index is 13.9. The molecule has 0 saturated carbocycles. The lowest BCUT2D eigenvalue weighted by atomic mass is 9.79. The highest BCUT2D eigenvalue weighted by Gasteiger charge is 2.51. The second-order valence-corrected chi connectivity index (χ2v) is 11.7. The van der Waals surface area contributed by atoms with Crippen LogP contribution in [0.4, 0.5) is 5.69 Å². The molecule has 0 amide bonds. The van der Waals surface area contributed by atoms with Crippen LogP contribution in [0.3, 0.4) is 0 Å². The van der Waals surface area contributed by atoms with E-state index in [1.807, 2.05) is 13.0 Å². The zero-order valence-electron chi connectivity index (χ0n) is 20.7. The Balaban J connectivity index is 2.01. The molecule has 0 bridgehead atoms. The maximum Gasteiger partial charge on any atom is 0.338 e. The van der Waals surface area contributed by atoms with Crippen LogP contribution in [0.2, 0.25) is 5.02 Å². The molecule has 0 heterocycles. The van der Waals surface area contributed by atoms with E-state index in [2.05, 4.69) is 26.0 Å². The Morgan fingerprint density at radius 1 is 0.895 bits per heavy atom. The minimum Gasteiger partial charge on any atom is -0.467 e. The average molecular weight is 614 g/mol. The number of halogens is 2. The highest BCUT2D eigenvalue weighted by atomic mass is 79.9. The number of hydrogen-bond donors (Lipinski definition) is 2. The Hall–Kier alpha value is -3.17. The minimum absolute atomic E-state index is 0.0646. The predicted octanol–water partition coefficient (Wildman–Crippen LogP) is 6.61. The number of esters is 1. The molecule has 0 aliphatic heterocycles. The highest BCUT2D eigenvalue weighted by molar-refractivity contribution is 9.10. The van der Waals surface area contributed by atoms with Crippen LogP contribution in [0, 0.1) is 6.92 Å². The predicted molar refractivity (Wildman–Crippen MR) is 154 cm³/mol. The third kappa shape index (κ3) is 5.78. The van der Waals surface area contributed by atoms with Crippen LogP contribution in [0.1, 0.15) is 22.7 Å². The molecule has 0 aliphatic carbocycles. The first-order chi connectivity index (χ1) is 18.2. The van der Waals surface area contributed by atoms with Gasteiger partial charge in [0.15, 0.2) is 5.54 Å². The van der Waals surface area contributed by atoms with Crippen molar-refractivity contribution in [2.24, 2.45) is 0 Å². The summed E-state index contributed by atoms with van der Waals surface area (Å²) in [5.74, 6) is -0.705. The largest absolute Gasteiger partial charge is 0.467 e. The lowest BCUT2D eigenvalue weighted by Gasteiger charge is -2.40. The summed E-state index contributed by atoms with van der Waals surface area (Å²) in [4.78, 5) is 14.0. The van der Waals surface area contributed by atoms with Gasteiger partial charge in [-0.05, 0) is 54.4 Å². The number of carbonyl (C=O) groups excluding carboxylic acids is 1. The molecule has 0 radical (unpaired) electrons. The fourth-order valence-electron chi connectivity index (χ4n) is 4.24. The zero-order chi connectivity index (χ0) is 27.3. The van der Waals surface area contributed by atoms with E-state index in [0.717, 1.165) is 10.0 Å². The molecule has 2 atom stereocenters. The van der Waals surface area contributed by atoms with Crippen LogP contribution in [-0.2, 0) is 25.1 Å². The molecular formula is C29H26BrClN2O4S. The van der Waals surface area contributed by atoms with E-state index in [4.69, 9.17) is 16.3 Å². The molecule has 6 nitrogen and oxygen atoms in total. The van der Waals surface area contributed by atoms with Gasteiger partial charge < -0.3 is 10.1 Å². The number of para-hydroxylation sites is 1. The highest BCUT2D eigenvalue weighted by Crippen LogP contribution is 2.42. The Kier molecular flexibility index (Phi) is 8.57. The number of hydrogen-bond acceptors (Lipinski definition) is 5. The van der Waals surface area contributed by atoms with Crippen LogP contribution >= 0.6 is 27.5 Å². The molecule has 0 fully saturated rings. The standard InChI is InChI=1S/C29H26BrClN2O4S/c1-20-12-18-24(19-13-20)38(35,36)33-27(21-14-16-23(30)17-15-21)29(28(34)37-2,22-8-4-3-5-9-22)32-26-11-7-6-10-25(26)31/h3-19,27,32-33H,1-2H3/t27-,29-/m0/s1. The van der Waals surface area contributed by atoms with Gasteiger partial charge in [0.05, 0.1) is 28.8 Å². The van der Waals surface area contributed by atoms with Crippen molar-refractivity contribution in [3.8, 4) is 0 Å². The summed E-state index contributed by atoms with van der Waals surface area (Å²) in [7, 11) is -2.85. The van der Waals surface area contributed by atoms with Gasteiger partial charge in [0, 0.05) is 4.47 Å². The molecule has 4 rings (SSSR count). The maximum atomic E-state index is 13.9. The summed E-state index contributed by atoms with van der Waals surface area (Å²) < 4.78 is 36.5. The van der Waals surface area contributed by atoms with Crippen LogP contribution in [0.25, 0.3) is 0 Å². The SMILES string of the molecule is COC(=O)[C@](Nc1ccccc1Cl)(c1ccccc1)[C@@H](NS(=O)(=O)c1ccc(C)cc1)c1ccc(Br)cc1. The minimum atomic E-state index is -4.11. The summed E-state index contributed by atoms with van der Waals surface area (Å²) in [5, 5.41) is 3.63. The van der Waals surface area contributed by atoms with Crippen LogP contribution in [0.15, 0.2) is 112 Å². The van der Waals surface area contributed by atoms with Gasteiger partial charge in [-0.15, -0.1) is 0 Å². The second kappa shape index (κ2) is 11.7. The number of anilines is 1. The van der Waals surface area contributed by atoms with E-state index >= 15 is 0 Å². The Labute approximate surface area is 236 Å². The molecule has 0 spiro atoms. The summed E-state index contributed by atoms with van der Waals surface area (Å²) in [6, 6.07) is 28.2. The number of aryl methyl sites for hydroxylation is 1. The number of methoxy groups -OCH3 is 1. The molecule has 0 unspecified atom stereocenters. The van der Waals surface area contributed by atoms with Gasteiger partial charge in [-0.1, -0.05) is 99.8 Å². The van der Waals surface area contributed by atoms with Crippen molar-refractivity contribution < 1.29 is 17.9 Å². The fourth-order valence-corrected chi connectivity index (χ4v) is 5.94. The molecule has 4 aromatic rings. The van der Waals surface area contributed by atoms with Crippen molar-refractivity contribution in [1.29, 1.82) is 0 Å². The van der Waals surface area contributed by atoms with Crippen LogP contribution in [-0.4, -0.2) is 21.5 Å². The molecule has 0 saturated heterocycles. The van der Waals surface area contributed by atoms with E-state index in [9.17, 15) is 13.2 Å². The number of rotatable bonds is 9. The molecule has 0 aliphatic rings. The molecule has 38 heavy (non-hydrogen) atoms. The first-order valence-corrected chi connectivity index (χ1v) is 14.3. The average Bonchev–Trinajstić information content (AvgIpc) is 2.92. The zero-order valence-corrected chi connectivity index (χ0v) is 23.8. The smallest absolute Gasteiger partial charge is 0.338 e. The van der Waals surface area contributed by atoms with Crippen molar-refractivity contribution in [3.05, 3.63) is 129 Å². The summed E-state index contributed by atoms with van der Waals surface area (Å²) in [5.41, 5.74) is 0.595.